The Morgan fingerprint density at radius 2 is 1.88 bits per heavy atom. The Morgan fingerprint density at radius 1 is 1.10 bits per heavy atom. The second-order valence-corrected chi connectivity index (χ2v) is 10.7. The molecule has 2 saturated heterocycles. The molecule has 0 saturated carbocycles. The van der Waals surface area contributed by atoms with E-state index >= 15 is 4.39 Å². The molecule has 0 unspecified atom stereocenters. The van der Waals surface area contributed by atoms with Crippen molar-refractivity contribution in [3.63, 3.8) is 0 Å². The molecule has 2 aliphatic heterocycles. The number of likely N-dealkylation sites (tertiary alicyclic amines) is 1. The van der Waals surface area contributed by atoms with Crippen LogP contribution in [-0.4, -0.2) is 70.3 Å². The van der Waals surface area contributed by atoms with Crippen LogP contribution in [0.3, 0.4) is 0 Å². The van der Waals surface area contributed by atoms with Crippen LogP contribution in [-0.2, 0) is 0 Å². The van der Waals surface area contributed by atoms with E-state index in [0.717, 1.165) is 38.0 Å². The Hall–Kier alpha value is -4.51. The van der Waals surface area contributed by atoms with Gasteiger partial charge in [0.2, 0.25) is 0 Å². The highest BCUT2D eigenvalue weighted by molar-refractivity contribution is 5.98. The highest BCUT2D eigenvalue weighted by atomic mass is 19.1. The van der Waals surface area contributed by atoms with E-state index in [4.69, 9.17) is 4.74 Å². The number of anilines is 3. The van der Waals surface area contributed by atoms with Gasteiger partial charge in [-0.3, -0.25) is 9.59 Å². The molecule has 0 bridgehead atoms. The van der Waals surface area contributed by atoms with Crippen molar-refractivity contribution in [2.75, 3.05) is 43.5 Å². The Bertz CT molecular complexity index is 1660. The van der Waals surface area contributed by atoms with Gasteiger partial charge in [-0.15, -0.1) is 0 Å². The molecule has 0 radical (unpaired) electrons. The van der Waals surface area contributed by atoms with E-state index in [-0.39, 0.29) is 40.1 Å². The molecule has 0 aliphatic carbocycles. The normalized spacial score (nSPS) is 16.1. The maximum absolute atomic E-state index is 16.0. The first-order valence-electron chi connectivity index (χ1n) is 14.3. The number of carbonyl (C=O) groups excluding carboxylic acids is 1. The van der Waals surface area contributed by atoms with Crippen molar-refractivity contribution in [2.24, 2.45) is 0 Å². The van der Waals surface area contributed by atoms with Crippen molar-refractivity contribution in [1.29, 1.82) is 0 Å². The van der Waals surface area contributed by atoms with Gasteiger partial charge >= 0.3 is 0 Å². The van der Waals surface area contributed by atoms with E-state index in [1.54, 1.807) is 29.3 Å². The third-order valence-electron chi connectivity index (χ3n) is 8.02. The zero-order chi connectivity index (χ0) is 29.2. The first-order chi connectivity index (χ1) is 20.4. The monoisotopic (exact) mass is 572 g/mol. The largest absolute Gasteiger partial charge is 0.493 e. The molecule has 2 fully saturated rings. The van der Waals surface area contributed by atoms with Gasteiger partial charge in [0.15, 0.2) is 11.6 Å². The number of rotatable bonds is 6. The third-order valence-corrected chi connectivity index (χ3v) is 8.02. The van der Waals surface area contributed by atoms with Crippen LogP contribution in [0, 0.1) is 5.82 Å². The zero-order valence-corrected chi connectivity index (χ0v) is 23.4. The Morgan fingerprint density at radius 3 is 2.60 bits per heavy atom. The number of ether oxygens (including phenoxy) is 1. The lowest BCUT2D eigenvalue weighted by molar-refractivity contribution is 0.0720. The van der Waals surface area contributed by atoms with Crippen LogP contribution < -0.4 is 20.5 Å². The quantitative estimate of drug-likeness (QED) is 0.309. The first kappa shape index (κ1) is 27.6. The number of carbonyl (C=O) groups is 1. The van der Waals surface area contributed by atoms with Crippen LogP contribution in [0.15, 0.2) is 53.6 Å². The maximum Gasteiger partial charge on any atom is 0.259 e. The number of benzene rings is 1. The number of nitrogens with one attached hydrogen (secondary N) is 2. The summed E-state index contributed by atoms with van der Waals surface area (Å²) in [5.41, 5.74) is 1.95. The van der Waals surface area contributed by atoms with Crippen molar-refractivity contribution in [3.05, 3.63) is 70.5 Å². The van der Waals surface area contributed by atoms with Crippen molar-refractivity contribution in [1.82, 2.24) is 19.9 Å². The molecule has 5 heterocycles. The molecule has 3 aromatic heterocycles. The molecule has 42 heavy (non-hydrogen) atoms. The highest BCUT2D eigenvalue weighted by Gasteiger charge is 2.26. The summed E-state index contributed by atoms with van der Waals surface area (Å²) in [6, 6.07) is 10.1. The third kappa shape index (κ3) is 5.39. The zero-order valence-electron chi connectivity index (χ0n) is 23.4. The number of methoxy groups -OCH3 is 1. The van der Waals surface area contributed by atoms with Crippen LogP contribution >= 0.6 is 0 Å². The molecule has 10 nitrogen and oxygen atoms in total. The SMILES string of the molecule is COc1c(C(=O)N2CCCCC2)ccc(-c2cc(Nc3ccc(N4CCC(O)CC4)cn3)c3c(=O)[nH]ccc3n2)c1F. The van der Waals surface area contributed by atoms with Gasteiger partial charge in [0.25, 0.3) is 11.5 Å². The summed E-state index contributed by atoms with van der Waals surface area (Å²) < 4.78 is 21.4. The lowest BCUT2D eigenvalue weighted by atomic mass is 10.0. The van der Waals surface area contributed by atoms with Crippen molar-refractivity contribution in [2.45, 2.75) is 38.2 Å². The lowest BCUT2D eigenvalue weighted by Crippen LogP contribution is -2.35. The number of H-pyrrole nitrogens is 1. The number of hydrogen-bond donors (Lipinski definition) is 3. The van der Waals surface area contributed by atoms with E-state index in [0.29, 0.717) is 48.3 Å². The van der Waals surface area contributed by atoms with Crippen molar-refractivity contribution >= 4 is 34.0 Å². The van der Waals surface area contributed by atoms with E-state index in [1.165, 1.54) is 19.4 Å². The van der Waals surface area contributed by atoms with Gasteiger partial charge in [0, 0.05) is 37.9 Å². The number of aliphatic hydroxyl groups excluding tert-OH is 1. The van der Waals surface area contributed by atoms with Gasteiger partial charge in [0.1, 0.15) is 5.82 Å². The number of aromatic nitrogens is 3. The Kier molecular flexibility index (Phi) is 7.75. The average molecular weight is 573 g/mol. The van der Waals surface area contributed by atoms with Gasteiger partial charge in [0.05, 0.1) is 52.9 Å². The molecule has 11 heteroatoms. The van der Waals surface area contributed by atoms with Crippen LogP contribution in [0.2, 0.25) is 0 Å². The summed E-state index contributed by atoms with van der Waals surface area (Å²) in [5, 5.41) is 13.3. The van der Waals surface area contributed by atoms with Gasteiger partial charge in [-0.25, -0.2) is 14.4 Å². The predicted octanol–water partition coefficient (Wildman–Crippen LogP) is 4.46. The second-order valence-electron chi connectivity index (χ2n) is 10.7. The van der Waals surface area contributed by atoms with E-state index in [2.05, 4.69) is 25.2 Å². The standard InChI is InChI=1S/C31H33FN6O4/c1-42-29-22(31(41)38-13-3-2-4-14-38)7-6-21(28(29)32)24-17-25(27-23(35-24)9-12-33-30(27)40)36-26-8-5-19(18-34-26)37-15-10-20(39)11-16-37/h5-9,12,17-18,20,39H,2-4,10-11,13-16H2,1H3,(H,33,40)(H,34,35,36). The number of nitrogens with zero attached hydrogens (tertiary/aromatic N) is 4. The molecule has 218 valence electrons. The number of amides is 1. The highest BCUT2D eigenvalue weighted by Crippen LogP contribution is 2.35. The fourth-order valence-corrected chi connectivity index (χ4v) is 5.73. The van der Waals surface area contributed by atoms with Crippen LogP contribution in [0.5, 0.6) is 5.75 Å². The first-order valence-corrected chi connectivity index (χ1v) is 14.3. The Balaban J connectivity index is 1.35. The minimum Gasteiger partial charge on any atom is -0.493 e. The minimum atomic E-state index is -0.697. The maximum atomic E-state index is 16.0. The summed E-state index contributed by atoms with van der Waals surface area (Å²) in [5.74, 6) is -0.587. The number of halogens is 1. The van der Waals surface area contributed by atoms with Crippen molar-refractivity contribution < 1.29 is 19.0 Å². The predicted molar refractivity (Wildman–Crippen MR) is 159 cm³/mol. The number of fused-ring (bicyclic) bond motifs is 1. The summed E-state index contributed by atoms with van der Waals surface area (Å²) in [6.07, 6.45) is 7.31. The molecule has 1 aromatic carbocycles. The number of aromatic amines is 1. The van der Waals surface area contributed by atoms with Crippen LogP contribution in [0.1, 0.15) is 42.5 Å². The topological polar surface area (TPSA) is 124 Å². The number of hydrogen-bond acceptors (Lipinski definition) is 8. The number of piperidine rings is 2. The van der Waals surface area contributed by atoms with E-state index < -0.39 is 5.82 Å². The molecule has 4 aromatic rings. The summed E-state index contributed by atoms with van der Waals surface area (Å²) >= 11 is 0. The number of aliphatic hydroxyl groups is 1. The minimum absolute atomic E-state index is 0.132. The van der Waals surface area contributed by atoms with Crippen molar-refractivity contribution in [3.8, 4) is 17.0 Å². The molecule has 6 rings (SSSR count). The summed E-state index contributed by atoms with van der Waals surface area (Å²) in [6.45, 7) is 2.77. The molecule has 1 amide bonds. The summed E-state index contributed by atoms with van der Waals surface area (Å²) in [4.78, 5) is 41.7. The van der Waals surface area contributed by atoms with E-state index in [1.807, 2.05) is 12.1 Å². The van der Waals surface area contributed by atoms with E-state index in [9.17, 15) is 14.7 Å². The molecular weight excluding hydrogens is 539 g/mol. The van der Waals surface area contributed by atoms with Crippen LogP contribution in [0.25, 0.3) is 22.2 Å². The van der Waals surface area contributed by atoms with Gasteiger partial charge in [-0.1, -0.05) is 0 Å². The fourth-order valence-electron chi connectivity index (χ4n) is 5.73. The molecular formula is C31H33FN6O4. The lowest BCUT2D eigenvalue weighted by Gasteiger charge is -2.31. The fraction of sp³-hybridized carbons (Fsp3) is 0.355. The number of pyridine rings is 3. The smallest absolute Gasteiger partial charge is 0.259 e. The Labute approximate surface area is 242 Å². The average Bonchev–Trinajstić information content (AvgIpc) is 3.01. The van der Waals surface area contributed by atoms with Crippen LogP contribution in [0.4, 0.5) is 21.6 Å². The molecule has 3 N–H and O–H groups in total. The molecule has 0 atom stereocenters. The second kappa shape index (κ2) is 11.8. The molecule has 0 spiro atoms. The van der Waals surface area contributed by atoms with Gasteiger partial charge < -0.3 is 29.9 Å². The summed E-state index contributed by atoms with van der Waals surface area (Å²) in [7, 11) is 1.34. The van der Waals surface area contributed by atoms with Gasteiger partial charge in [-0.2, -0.15) is 0 Å². The van der Waals surface area contributed by atoms with Gasteiger partial charge in [-0.05, 0) is 68.5 Å². The molecule has 2 aliphatic rings.